The van der Waals surface area contributed by atoms with Crippen LogP contribution < -0.4 is 4.74 Å². The zero-order valence-electron chi connectivity index (χ0n) is 17.6. The second kappa shape index (κ2) is 9.00. The molecule has 2 aliphatic rings. The van der Waals surface area contributed by atoms with Crippen molar-refractivity contribution in [3.8, 4) is 29.1 Å². The maximum atomic E-state index is 9.31. The van der Waals surface area contributed by atoms with Crippen LogP contribution in [0.4, 0.5) is 0 Å². The highest BCUT2D eigenvalue weighted by Crippen LogP contribution is 2.37. The van der Waals surface area contributed by atoms with Gasteiger partial charge in [-0.2, -0.15) is 15.5 Å². The highest BCUT2D eigenvalue weighted by atomic mass is 16.5. The second-order valence-corrected chi connectivity index (χ2v) is 7.78. The average molecular weight is 409 g/mol. The van der Waals surface area contributed by atoms with E-state index in [2.05, 4.69) is 24.1 Å². The molecule has 0 aromatic heterocycles. The first-order chi connectivity index (χ1) is 15.1. The summed E-state index contributed by atoms with van der Waals surface area (Å²) < 4.78 is 12.2. The minimum atomic E-state index is -0.159. The van der Waals surface area contributed by atoms with Crippen LogP contribution in [-0.2, 0) is 4.74 Å². The van der Waals surface area contributed by atoms with Gasteiger partial charge < -0.3 is 9.47 Å². The van der Waals surface area contributed by atoms with E-state index < -0.39 is 0 Å². The molecule has 4 rings (SSSR count). The van der Waals surface area contributed by atoms with Gasteiger partial charge >= 0.3 is 0 Å². The topological polar surface area (TPSA) is 78.4 Å². The first kappa shape index (κ1) is 20.6. The van der Waals surface area contributed by atoms with Crippen LogP contribution in [0, 0.1) is 28.7 Å². The molecule has 0 fully saturated rings. The number of hydrogen-bond acceptors (Lipinski definition) is 5. The normalized spacial score (nSPS) is 22.0. The van der Waals surface area contributed by atoms with Crippen molar-refractivity contribution in [2.75, 3.05) is 13.2 Å². The quantitative estimate of drug-likeness (QED) is 0.654. The Labute approximate surface area is 182 Å². The van der Waals surface area contributed by atoms with Gasteiger partial charge in [0, 0.05) is 17.9 Å². The predicted octanol–water partition coefficient (Wildman–Crippen LogP) is 5.19. The van der Waals surface area contributed by atoms with Crippen molar-refractivity contribution in [3.05, 3.63) is 76.9 Å². The molecular weight excluding hydrogens is 386 g/mol. The number of rotatable bonds is 3. The highest BCUT2D eigenvalue weighted by molar-refractivity contribution is 6.05. The standard InChI is InChI=1S/C26H23N3O2/c1-3-5-21-17(2)14-30-15-23(21)26-12-24(29-16-28)22-11-20(8-9-25(22)31-26)19-7-4-6-18(10-19)13-27/h3-11,23,26H,12,14-15H2,1-2H3/b5-3-,29-24?. The van der Waals surface area contributed by atoms with E-state index in [-0.39, 0.29) is 12.0 Å². The van der Waals surface area contributed by atoms with Gasteiger partial charge in [-0.15, -0.1) is 0 Å². The number of nitriles is 2. The summed E-state index contributed by atoms with van der Waals surface area (Å²) in [5.74, 6) is 0.794. The molecule has 154 valence electrons. The maximum absolute atomic E-state index is 9.31. The van der Waals surface area contributed by atoms with Crippen LogP contribution in [-0.4, -0.2) is 25.0 Å². The van der Waals surface area contributed by atoms with Gasteiger partial charge in [0.25, 0.3) is 0 Å². The molecule has 0 saturated carbocycles. The lowest BCUT2D eigenvalue weighted by molar-refractivity contribution is 0.0533. The molecular formula is C26H23N3O2. The van der Waals surface area contributed by atoms with E-state index in [1.165, 1.54) is 11.1 Å². The third kappa shape index (κ3) is 4.14. The van der Waals surface area contributed by atoms with Crippen molar-refractivity contribution in [1.82, 2.24) is 0 Å². The number of ether oxygens (including phenoxy) is 2. The van der Waals surface area contributed by atoms with E-state index in [0.717, 1.165) is 22.4 Å². The minimum Gasteiger partial charge on any atom is -0.489 e. The Balaban J connectivity index is 1.72. The third-order valence-corrected chi connectivity index (χ3v) is 5.78. The van der Waals surface area contributed by atoms with Gasteiger partial charge in [-0.3, -0.25) is 0 Å². The molecule has 2 atom stereocenters. The zero-order chi connectivity index (χ0) is 21.8. The van der Waals surface area contributed by atoms with Crippen LogP contribution in [0.2, 0.25) is 0 Å². The monoisotopic (exact) mass is 409 g/mol. The lowest BCUT2D eigenvalue weighted by Crippen LogP contribution is -2.39. The summed E-state index contributed by atoms with van der Waals surface area (Å²) in [7, 11) is 0. The highest BCUT2D eigenvalue weighted by Gasteiger charge is 2.35. The van der Waals surface area contributed by atoms with E-state index in [9.17, 15) is 10.5 Å². The number of nitrogens with zero attached hydrogens (tertiary/aromatic N) is 3. The molecule has 0 spiro atoms. The molecule has 2 unspecified atom stereocenters. The van der Waals surface area contributed by atoms with Gasteiger partial charge in [0.1, 0.15) is 11.9 Å². The lowest BCUT2D eigenvalue weighted by Gasteiger charge is -2.36. The Hall–Kier alpha value is -3.67. The molecule has 5 nitrogen and oxygen atoms in total. The molecule has 5 heteroatoms. The van der Waals surface area contributed by atoms with Crippen molar-refractivity contribution >= 4 is 5.71 Å². The van der Waals surface area contributed by atoms with E-state index in [1.807, 2.05) is 55.6 Å². The number of benzene rings is 2. The van der Waals surface area contributed by atoms with E-state index >= 15 is 0 Å². The van der Waals surface area contributed by atoms with Crippen LogP contribution in [0.3, 0.4) is 0 Å². The Bertz CT molecular complexity index is 1180. The summed E-state index contributed by atoms with van der Waals surface area (Å²) in [5.41, 5.74) is 6.48. The minimum absolute atomic E-state index is 0.0778. The Morgan fingerprint density at radius 1 is 1.13 bits per heavy atom. The summed E-state index contributed by atoms with van der Waals surface area (Å²) in [5, 5.41) is 18.5. The maximum Gasteiger partial charge on any atom is 0.205 e. The third-order valence-electron chi connectivity index (χ3n) is 5.78. The molecule has 0 bridgehead atoms. The molecule has 0 aliphatic carbocycles. The summed E-state index contributed by atoms with van der Waals surface area (Å²) in [6, 6.07) is 15.5. The first-order valence-electron chi connectivity index (χ1n) is 10.3. The van der Waals surface area contributed by atoms with E-state index in [1.54, 1.807) is 6.07 Å². The first-order valence-corrected chi connectivity index (χ1v) is 10.3. The van der Waals surface area contributed by atoms with Crippen LogP contribution >= 0.6 is 0 Å². The summed E-state index contributed by atoms with van der Waals surface area (Å²) in [6.07, 6.45) is 6.50. The molecule has 0 saturated heterocycles. The van der Waals surface area contributed by atoms with Gasteiger partial charge in [-0.1, -0.05) is 30.4 Å². The van der Waals surface area contributed by atoms with Crippen LogP contribution in [0.1, 0.15) is 31.4 Å². The SMILES string of the molecule is C/C=C\C1=C(C)COCC1C1CC(=NC#N)c2cc(-c3cccc(C#N)c3)ccc2O1. The molecule has 0 N–H and O–H groups in total. The molecule has 0 radical (unpaired) electrons. The summed E-state index contributed by atoms with van der Waals surface area (Å²) in [6.45, 7) is 5.30. The van der Waals surface area contributed by atoms with Gasteiger partial charge in [0.15, 0.2) is 0 Å². The number of fused-ring (bicyclic) bond motifs is 1. The van der Waals surface area contributed by atoms with Crippen LogP contribution in [0.25, 0.3) is 11.1 Å². The van der Waals surface area contributed by atoms with Gasteiger partial charge in [0.2, 0.25) is 6.19 Å². The van der Waals surface area contributed by atoms with Gasteiger partial charge in [0.05, 0.1) is 30.6 Å². The van der Waals surface area contributed by atoms with Crippen molar-refractivity contribution in [2.45, 2.75) is 26.4 Å². The molecule has 2 aliphatic heterocycles. The average Bonchev–Trinajstić information content (AvgIpc) is 2.80. The van der Waals surface area contributed by atoms with Crippen molar-refractivity contribution in [1.29, 1.82) is 10.5 Å². The van der Waals surface area contributed by atoms with E-state index in [0.29, 0.717) is 30.9 Å². The van der Waals surface area contributed by atoms with Gasteiger partial charge in [-0.25, -0.2) is 0 Å². The van der Waals surface area contributed by atoms with Gasteiger partial charge in [-0.05, 0) is 60.4 Å². The molecule has 2 heterocycles. The van der Waals surface area contributed by atoms with Crippen molar-refractivity contribution in [3.63, 3.8) is 0 Å². The smallest absolute Gasteiger partial charge is 0.205 e. The number of allylic oxidation sites excluding steroid dienone is 2. The largest absolute Gasteiger partial charge is 0.489 e. The fourth-order valence-corrected chi connectivity index (χ4v) is 4.28. The molecule has 0 amide bonds. The molecule has 2 aromatic carbocycles. The Morgan fingerprint density at radius 3 is 2.74 bits per heavy atom. The van der Waals surface area contributed by atoms with Crippen molar-refractivity contribution < 1.29 is 9.47 Å². The fourth-order valence-electron chi connectivity index (χ4n) is 4.28. The van der Waals surface area contributed by atoms with Crippen molar-refractivity contribution in [2.24, 2.45) is 10.9 Å². The predicted molar refractivity (Wildman–Crippen MR) is 120 cm³/mol. The second-order valence-electron chi connectivity index (χ2n) is 7.78. The molecule has 31 heavy (non-hydrogen) atoms. The summed E-state index contributed by atoms with van der Waals surface area (Å²) >= 11 is 0. The Morgan fingerprint density at radius 2 is 1.97 bits per heavy atom. The lowest BCUT2D eigenvalue weighted by atomic mass is 9.83. The molecule has 2 aromatic rings. The Kier molecular flexibility index (Phi) is 5.98. The van der Waals surface area contributed by atoms with Crippen LogP contribution in [0.5, 0.6) is 5.75 Å². The number of hydrogen-bond donors (Lipinski definition) is 0. The van der Waals surface area contributed by atoms with Crippen LogP contribution in [0.15, 0.2) is 70.8 Å². The zero-order valence-corrected chi connectivity index (χ0v) is 17.6. The fraction of sp³-hybridized carbons (Fsp3) is 0.269. The summed E-state index contributed by atoms with van der Waals surface area (Å²) in [4.78, 5) is 4.14. The van der Waals surface area contributed by atoms with E-state index in [4.69, 9.17) is 9.47 Å². The number of aliphatic imine (C=N–C) groups is 1.